The lowest BCUT2D eigenvalue weighted by Gasteiger charge is -2.25. The van der Waals surface area contributed by atoms with E-state index in [1.54, 1.807) is 4.90 Å². The molecule has 0 aliphatic rings. The normalized spacial score (nSPS) is 11.9. The van der Waals surface area contributed by atoms with Gasteiger partial charge in [0.15, 0.2) is 5.96 Å². The number of nitrogens with one attached hydrogen (secondary N) is 2. The summed E-state index contributed by atoms with van der Waals surface area (Å²) in [5.74, 6) is 0.674. The highest BCUT2D eigenvalue weighted by Gasteiger charge is 2.15. The molecule has 0 radical (unpaired) electrons. The first kappa shape index (κ1) is 28.2. The number of hydrogen-bond acceptors (Lipinski definition) is 3. The van der Waals surface area contributed by atoms with Gasteiger partial charge in [-0.2, -0.15) is 0 Å². The lowest BCUT2D eigenvalue weighted by molar-refractivity contribution is -0.131. The summed E-state index contributed by atoms with van der Waals surface area (Å²) in [5, 5.41) is 6.21. The minimum atomic E-state index is -0.0703. The Morgan fingerprint density at radius 2 is 1.80 bits per heavy atom. The fourth-order valence-electron chi connectivity index (χ4n) is 2.81. The topological polar surface area (TPSA) is 77.0 Å². The van der Waals surface area contributed by atoms with Gasteiger partial charge in [-0.05, 0) is 51.8 Å². The maximum absolute atomic E-state index is 12.4. The van der Waals surface area contributed by atoms with Crippen molar-refractivity contribution in [3.8, 4) is 0 Å². The fourth-order valence-corrected chi connectivity index (χ4v) is 2.81. The third-order valence-electron chi connectivity index (χ3n) is 4.78. The van der Waals surface area contributed by atoms with Gasteiger partial charge in [0.05, 0.1) is 13.1 Å². The molecule has 0 fully saturated rings. The average Bonchev–Trinajstić information content (AvgIpc) is 2.71. The zero-order chi connectivity index (χ0) is 21.8. The third-order valence-corrected chi connectivity index (χ3v) is 4.78. The summed E-state index contributed by atoms with van der Waals surface area (Å²) in [6.07, 6.45) is 0.889. The summed E-state index contributed by atoms with van der Waals surface area (Å²) in [6, 6.07) is 7.64. The highest BCUT2D eigenvalue weighted by Crippen LogP contribution is 2.08. The van der Waals surface area contributed by atoms with Crippen LogP contribution >= 0.6 is 24.0 Å². The van der Waals surface area contributed by atoms with Gasteiger partial charge in [-0.15, -0.1) is 24.0 Å². The van der Waals surface area contributed by atoms with E-state index in [-0.39, 0.29) is 48.4 Å². The highest BCUT2D eigenvalue weighted by atomic mass is 127. The first-order valence-corrected chi connectivity index (χ1v) is 10.5. The van der Waals surface area contributed by atoms with Crippen molar-refractivity contribution >= 4 is 41.8 Å². The summed E-state index contributed by atoms with van der Waals surface area (Å²) < 4.78 is 0. The predicted octanol–water partition coefficient (Wildman–Crippen LogP) is 3.10. The minimum absolute atomic E-state index is 0. The number of amides is 2. The highest BCUT2D eigenvalue weighted by molar-refractivity contribution is 14.0. The molecule has 1 rings (SSSR count). The van der Waals surface area contributed by atoms with Crippen LogP contribution in [0.3, 0.4) is 0 Å². The molecule has 1 unspecified atom stereocenters. The van der Waals surface area contributed by atoms with Crippen LogP contribution in [0.4, 0.5) is 0 Å². The van der Waals surface area contributed by atoms with Crippen molar-refractivity contribution in [2.75, 3.05) is 33.2 Å². The molecule has 2 N–H and O–H groups in total. The van der Waals surface area contributed by atoms with Crippen molar-refractivity contribution in [1.82, 2.24) is 20.4 Å². The molecule has 0 aliphatic heterocycles. The van der Waals surface area contributed by atoms with Crippen molar-refractivity contribution in [3.05, 3.63) is 35.4 Å². The number of carbonyl (C=O) groups is 2. The van der Waals surface area contributed by atoms with Crippen molar-refractivity contribution < 1.29 is 9.59 Å². The molecule has 8 heteroatoms. The number of nitrogens with zero attached hydrogens (tertiary/aromatic N) is 3. The van der Waals surface area contributed by atoms with Crippen LogP contribution in [0.5, 0.6) is 0 Å². The van der Waals surface area contributed by atoms with Gasteiger partial charge >= 0.3 is 0 Å². The number of halogens is 1. The Kier molecular flexibility index (Phi) is 14.1. The van der Waals surface area contributed by atoms with Crippen LogP contribution in [-0.4, -0.2) is 66.8 Å². The Bertz CT molecular complexity index is 692. The van der Waals surface area contributed by atoms with E-state index in [4.69, 9.17) is 0 Å². The average molecular weight is 531 g/mol. The maximum atomic E-state index is 12.4. The molecule has 7 nitrogen and oxygen atoms in total. The van der Waals surface area contributed by atoms with E-state index in [1.807, 2.05) is 70.8 Å². The summed E-state index contributed by atoms with van der Waals surface area (Å²) in [7, 11) is 1.86. The van der Waals surface area contributed by atoms with Gasteiger partial charge in [0.25, 0.3) is 5.91 Å². The molecular formula is C22H38IN5O2. The molecule has 0 aromatic heterocycles. The molecular weight excluding hydrogens is 493 g/mol. The van der Waals surface area contributed by atoms with Crippen molar-refractivity contribution in [3.63, 3.8) is 0 Å². The van der Waals surface area contributed by atoms with E-state index < -0.39 is 0 Å². The number of aliphatic imine (C=N–C) groups is 1. The van der Waals surface area contributed by atoms with Gasteiger partial charge in [0.1, 0.15) is 0 Å². The van der Waals surface area contributed by atoms with Gasteiger partial charge < -0.3 is 20.4 Å². The van der Waals surface area contributed by atoms with Gasteiger partial charge in [0, 0.05) is 38.3 Å². The van der Waals surface area contributed by atoms with Crippen molar-refractivity contribution in [2.24, 2.45) is 4.99 Å². The zero-order valence-electron chi connectivity index (χ0n) is 19.2. The SMILES string of the molecule is CCNC(=NCc1cccc(C(=O)NC(C)CC)c1)N(C)CC(=O)N(CC)CC.I. The molecule has 1 atom stereocenters. The number of carbonyl (C=O) groups excluding carboxylic acids is 2. The number of hydrogen-bond donors (Lipinski definition) is 2. The third kappa shape index (κ3) is 9.32. The quantitative estimate of drug-likeness (QED) is 0.277. The maximum Gasteiger partial charge on any atom is 0.251 e. The van der Waals surface area contributed by atoms with Crippen LogP contribution in [-0.2, 0) is 11.3 Å². The molecule has 2 amide bonds. The predicted molar refractivity (Wildman–Crippen MR) is 134 cm³/mol. The van der Waals surface area contributed by atoms with Crippen molar-refractivity contribution in [2.45, 2.75) is 53.6 Å². The van der Waals surface area contributed by atoms with Crippen LogP contribution in [0.2, 0.25) is 0 Å². The Morgan fingerprint density at radius 3 is 2.37 bits per heavy atom. The lowest BCUT2D eigenvalue weighted by Crippen LogP contribution is -2.45. The lowest BCUT2D eigenvalue weighted by atomic mass is 10.1. The first-order chi connectivity index (χ1) is 13.9. The van der Waals surface area contributed by atoms with Crippen LogP contribution in [0.25, 0.3) is 0 Å². The van der Waals surface area contributed by atoms with E-state index in [0.717, 1.165) is 12.0 Å². The molecule has 1 aromatic carbocycles. The van der Waals surface area contributed by atoms with E-state index >= 15 is 0 Å². The second-order valence-corrected chi connectivity index (χ2v) is 7.08. The number of likely N-dealkylation sites (N-methyl/N-ethyl adjacent to an activating group) is 2. The van der Waals surface area contributed by atoms with Gasteiger partial charge in [-0.25, -0.2) is 4.99 Å². The number of rotatable bonds is 10. The first-order valence-electron chi connectivity index (χ1n) is 10.5. The molecule has 0 spiro atoms. The number of benzene rings is 1. The van der Waals surface area contributed by atoms with E-state index in [1.165, 1.54) is 0 Å². The van der Waals surface area contributed by atoms with E-state index in [9.17, 15) is 9.59 Å². The van der Waals surface area contributed by atoms with Crippen LogP contribution in [0.1, 0.15) is 57.0 Å². The Morgan fingerprint density at radius 1 is 1.13 bits per heavy atom. The molecule has 0 heterocycles. The van der Waals surface area contributed by atoms with E-state index in [0.29, 0.717) is 37.7 Å². The molecule has 0 aliphatic carbocycles. The Balaban J connectivity index is 0.00000841. The summed E-state index contributed by atoms with van der Waals surface area (Å²) in [6.45, 7) is 12.8. The van der Waals surface area contributed by atoms with Gasteiger partial charge in [0.2, 0.25) is 5.91 Å². The molecule has 0 saturated heterocycles. The summed E-state index contributed by atoms with van der Waals surface area (Å²) in [4.78, 5) is 33.0. The minimum Gasteiger partial charge on any atom is -0.357 e. The summed E-state index contributed by atoms with van der Waals surface area (Å²) in [5.41, 5.74) is 1.58. The molecule has 0 saturated carbocycles. The van der Waals surface area contributed by atoms with Crippen molar-refractivity contribution in [1.29, 1.82) is 0 Å². The smallest absolute Gasteiger partial charge is 0.251 e. The van der Waals surface area contributed by atoms with Crippen LogP contribution in [0.15, 0.2) is 29.3 Å². The van der Waals surface area contributed by atoms with Gasteiger partial charge in [-0.3, -0.25) is 9.59 Å². The molecule has 0 bridgehead atoms. The molecule has 30 heavy (non-hydrogen) atoms. The molecule has 1 aromatic rings. The fraction of sp³-hybridized carbons (Fsp3) is 0.591. The standard InChI is InChI=1S/C22H37N5O2.HI/c1-7-17(5)25-21(29)19-13-11-12-18(14-19)15-24-22(23-8-2)26(6)16-20(28)27(9-3)10-4;/h11-14,17H,7-10,15-16H2,1-6H3,(H,23,24)(H,25,29);1H. The molecule has 170 valence electrons. The summed E-state index contributed by atoms with van der Waals surface area (Å²) >= 11 is 0. The Labute approximate surface area is 198 Å². The van der Waals surface area contributed by atoms with Crippen LogP contribution < -0.4 is 10.6 Å². The van der Waals surface area contributed by atoms with E-state index in [2.05, 4.69) is 15.6 Å². The second-order valence-electron chi connectivity index (χ2n) is 7.08. The second kappa shape index (κ2) is 15.0. The van der Waals surface area contributed by atoms with Gasteiger partial charge in [-0.1, -0.05) is 19.1 Å². The largest absolute Gasteiger partial charge is 0.357 e. The number of guanidine groups is 1. The zero-order valence-corrected chi connectivity index (χ0v) is 21.5. The van der Waals surface area contributed by atoms with Crippen LogP contribution in [0, 0.1) is 0 Å². The monoisotopic (exact) mass is 531 g/mol. The Hall–Kier alpha value is -1.84.